The number of ether oxygens (including phenoxy) is 1. The van der Waals surface area contributed by atoms with Crippen LogP contribution >= 0.6 is 0 Å². The summed E-state index contributed by atoms with van der Waals surface area (Å²) in [5.74, 6) is -1.12. The number of hydrogen-bond acceptors (Lipinski definition) is 3. The Morgan fingerprint density at radius 1 is 0.966 bits per heavy atom. The second-order valence-corrected chi connectivity index (χ2v) is 7.65. The highest BCUT2D eigenvalue weighted by atomic mass is 16.6. The number of para-hydroxylation sites is 1. The topological polar surface area (TPSA) is 80.6 Å². The maximum Gasteiger partial charge on any atom is 0.412 e. The van der Waals surface area contributed by atoms with E-state index in [2.05, 4.69) is 5.32 Å². The molecule has 0 atom stereocenters. The first-order chi connectivity index (χ1) is 13.7. The number of carboxylic acids is 1. The van der Waals surface area contributed by atoms with Gasteiger partial charge in [0.1, 0.15) is 11.2 Å². The molecule has 0 unspecified atom stereocenters. The third kappa shape index (κ3) is 4.32. The number of rotatable bonds is 4. The predicted molar refractivity (Wildman–Crippen MR) is 113 cm³/mol. The number of carbonyl (C=O) groups excluding carboxylic acids is 1. The largest absolute Gasteiger partial charge is 0.478 e. The van der Waals surface area contributed by atoms with Gasteiger partial charge in [-0.15, -0.1) is 0 Å². The summed E-state index contributed by atoms with van der Waals surface area (Å²) in [5.41, 5.74) is 2.18. The van der Waals surface area contributed by atoms with Crippen molar-refractivity contribution >= 4 is 17.7 Å². The zero-order chi connectivity index (χ0) is 21.2. The molecule has 0 aliphatic rings. The highest BCUT2D eigenvalue weighted by Gasteiger charge is 2.29. The van der Waals surface area contributed by atoms with E-state index in [0.29, 0.717) is 11.4 Å². The van der Waals surface area contributed by atoms with Crippen LogP contribution in [-0.2, 0) is 4.74 Å². The van der Waals surface area contributed by atoms with Crippen LogP contribution in [-0.4, -0.2) is 27.3 Å². The van der Waals surface area contributed by atoms with Crippen molar-refractivity contribution in [3.05, 3.63) is 71.9 Å². The average molecular weight is 392 g/mol. The monoisotopic (exact) mass is 392 g/mol. The number of nitrogens with one attached hydrogen (secondary N) is 1. The first-order valence-corrected chi connectivity index (χ1v) is 9.28. The van der Waals surface area contributed by atoms with Gasteiger partial charge in [-0.2, -0.15) is 0 Å². The van der Waals surface area contributed by atoms with Crippen LogP contribution in [0.25, 0.3) is 16.9 Å². The number of aromatic nitrogens is 1. The van der Waals surface area contributed by atoms with Gasteiger partial charge in [-0.05, 0) is 39.8 Å². The minimum Gasteiger partial charge on any atom is -0.478 e. The zero-order valence-corrected chi connectivity index (χ0v) is 16.9. The lowest BCUT2D eigenvalue weighted by Gasteiger charge is -2.20. The van der Waals surface area contributed by atoms with E-state index in [4.69, 9.17) is 4.74 Å². The molecule has 0 aliphatic carbocycles. The smallest absolute Gasteiger partial charge is 0.412 e. The molecule has 0 saturated heterocycles. The summed E-state index contributed by atoms with van der Waals surface area (Å²) >= 11 is 0. The summed E-state index contributed by atoms with van der Waals surface area (Å²) in [4.78, 5) is 24.6. The Labute approximate surface area is 169 Å². The molecule has 150 valence electrons. The van der Waals surface area contributed by atoms with Gasteiger partial charge in [0.05, 0.1) is 11.4 Å². The fourth-order valence-electron chi connectivity index (χ4n) is 3.25. The lowest BCUT2D eigenvalue weighted by molar-refractivity contribution is 0.0636. The summed E-state index contributed by atoms with van der Waals surface area (Å²) in [6.07, 6.45) is -0.706. The molecule has 0 bridgehead atoms. The Morgan fingerprint density at radius 2 is 1.52 bits per heavy atom. The summed E-state index contributed by atoms with van der Waals surface area (Å²) in [7, 11) is 0. The van der Waals surface area contributed by atoms with Gasteiger partial charge in [-0.25, -0.2) is 9.59 Å². The van der Waals surface area contributed by atoms with E-state index < -0.39 is 17.7 Å². The first-order valence-electron chi connectivity index (χ1n) is 9.28. The number of carboxylic acid groups (broad SMARTS) is 1. The average Bonchev–Trinajstić information content (AvgIpc) is 2.93. The SMILES string of the molecule is Cc1c(C(=O)O)c(NC(=O)OC(C)(C)C)c(-c2ccccc2)n1-c1ccccc1. The van der Waals surface area contributed by atoms with Crippen molar-refractivity contribution in [2.45, 2.75) is 33.3 Å². The molecule has 6 nitrogen and oxygen atoms in total. The van der Waals surface area contributed by atoms with Gasteiger partial charge >= 0.3 is 12.1 Å². The van der Waals surface area contributed by atoms with Crippen LogP contribution in [0.15, 0.2) is 60.7 Å². The molecular weight excluding hydrogens is 368 g/mol. The van der Waals surface area contributed by atoms with E-state index in [1.807, 2.05) is 65.2 Å². The highest BCUT2D eigenvalue weighted by molar-refractivity contribution is 6.05. The molecule has 6 heteroatoms. The maximum atomic E-state index is 12.5. The number of amides is 1. The van der Waals surface area contributed by atoms with Gasteiger partial charge in [0.2, 0.25) is 0 Å². The normalized spacial score (nSPS) is 11.2. The standard InChI is InChI=1S/C23H24N2O4/c1-15-18(21(26)27)19(24-22(28)29-23(2,3)4)20(16-11-7-5-8-12-16)25(15)17-13-9-6-10-14-17/h5-14H,1-4H3,(H,24,28)(H,26,27). The fraction of sp³-hybridized carbons (Fsp3) is 0.217. The van der Waals surface area contributed by atoms with Gasteiger partial charge in [0, 0.05) is 16.9 Å². The fourth-order valence-corrected chi connectivity index (χ4v) is 3.25. The number of anilines is 1. The Bertz CT molecular complexity index is 1030. The third-order valence-corrected chi connectivity index (χ3v) is 4.31. The summed E-state index contributed by atoms with van der Waals surface area (Å²) in [6, 6.07) is 18.8. The second-order valence-electron chi connectivity index (χ2n) is 7.65. The van der Waals surface area contributed by atoms with Gasteiger partial charge in [0.25, 0.3) is 0 Å². The Balaban J connectivity index is 2.28. The van der Waals surface area contributed by atoms with Crippen LogP contribution in [0.5, 0.6) is 0 Å². The van der Waals surface area contributed by atoms with Gasteiger partial charge in [0.15, 0.2) is 0 Å². The number of hydrogen-bond donors (Lipinski definition) is 2. The molecule has 2 aromatic carbocycles. The maximum absolute atomic E-state index is 12.5. The molecule has 3 aromatic rings. The Kier molecular flexibility index (Phi) is 5.46. The van der Waals surface area contributed by atoms with Crippen molar-refractivity contribution < 1.29 is 19.4 Å². The molecular formula is C23H24N2O4. The molecule has 1 heterocycles. The quantitative estimate of drug-likeness (QED) is 0.614. The van der Waals surface area contributed by atoms with E-state index in [-0.39, 0.29) is 11.3 Å². The Hall–Kier alpha value is -3.54. The van der Waals surface area contributed by atoms with E-state index >= 15 is 0 Å². The molecule has 0 saturated carbocycles. The van der Waals surface area contributed by atoms with E-state index in [0.717, 1.165) is 11.3 Å². The van der Waals surface area contributed by atoms with E-state index in [9.17, 15) is 14.7 Å². The molecule has 2 N–H and O–H groups in total. The zero-order valence-electron chi connectivity index (χ0n) is 16.9. The molecule has 0 aliphatic heterocycles. The lowest BCUT2D eigenvalue weighted by atomic mass is 10.1. The van der Waals surface area contributed by atoms with Crippen molar-refractivity contribution in [3.63, 3.8) is 0 Å². The summed E-state index contributed by atoms with van der Waals surface area (Å²) < 4.78 is 7.21. The van der Waals surface area contributed by atoms with Crippen LogP contribution in [0.3, 0.4) is 0 Å². The molecule has 29 heavy (non-hydrogen) atoms. The van der Waals surface area contributed by atoms with Crippen molar-refractivity contribution in [3.8, 4) is 16.9 Å². The van der Waals surface area contributed by atoms with Crippen LogP contribution in [0.1, 0.15) is 36.8 Å². The number of nitrogens with zero attached hydrogens (tertiary/aromatic N) is 1. The van der Waals surface area contributed by atoms with Crippen molar-refractivity contribution in [2.24, 2.45) is 0 Å². The van der Waals surface area contributed by atoms with Gasteiger partial charge in [-0.1, -0.05) is 48.5 Å². The first kappa shape index (κ1) is 20.2. The minimum absolute atomic E-state index is 0.0264. The predicted octanol–water partition coefficient (Wildman–Crippen LogP) is 5.50. The van der Waals surface area contributed by atoms with Gasteiger partial charge in [-0.3, -0.25) is 5.32 Å². The van der Waals surface area contributed by atoms with Crippen molar-refractivity contribution in [2.75, 3.05) is 5.32 Å². The van der Waals surface area contributed by atoms with Crippen LogP contribution in [0, 0.1) is 6.92 Å². The van der Waals surface area contributed by atoms with Crippen LogP contribution < -0.4 is 5.32 Å². The van der Waals surface area contributed by atoms with Crippen LogP contribution in [0.4, 0.5) is 10.5 Å². The number of benzene rings is 2. The van der Waals surface area contributed by atoms with Crippen LogP contribution in [0.2, 0.25) is 0 Å². The molecule has 3 rings (SSSR count). The lowest BCUT2D eigenvalue weighted by Crippen LogP contribution is -2.27. The van der Waals surface area contributed by atoms with E-state index in [1.54, 1.807) is 27.7 Å². The third-order valence-electron chi connectivity index (χ3n) is 4.31. The van der Waals surface area contributed by atoms with Crippen molar-refractivity contribution in [1.82, 2.24) is 4.57 Å². The second kappa shape index (κ2) is 7.83. The molecule has 0 fully saturated rings. The van der Waals surface area contributed by atoms with Crippen molar-refractivity contribution in [1.29, 1.82) is 0 Å². The number of aromatic carboxylic acids is 1. The molecule has 1 amide bonds. The van der Waals surface area contributed by atoms with E-state index in [1.165, 1.54) is 0 Å². The van der Waals surface area contributed by atoms with Gasteiger partial charge < -0.3 is 14.4 Å². The number of carbonyl (C=O) groups is 2. The minimum atomic E-state index is -1.12. The molecule has 0 radical (unpaired) electrons. The highest BCUT2D eigenvalue weighted by Crippen LogP contribution is 2.38. The Morgan fingerprint density at radius 3 is 2.03 bits per heavy atom. The summed E-state index contributed by atoms with van der Waals surface area (Å²) in [6.45, 7) is 6.98. The molecule has 0 spiro atoms. The summed E-state index contributed by atoms with van der Waals surface area (Å²) in [5, 5.41) is 12.6. The molecule has 1 aromatic heterocycles.